The minimum absolute atomic E-state index is 0.0935. The summed E-state index contributed by atoms with van der Waals surface area (Å²) in [6, 6.07) is 5.88. The molecular weight excluding hydrogens is 350 g/mol. The van der Waals surface area contributed by atoms with Crippen LogP contribution in [0.25, 0.3) is 0 Å². The highest BCUT2D eigenvalue weighted by Gasteiger charge is 2.25. The van der Waals surface area contributed by atoms with Gasteiger partial charge >= 0.3 is 0 Å². The van der Waals surface area contributed by atoms with Gasteiger partial charge in [-0.2, -0.15) is 0 Å². The Balaban J connectivity index is 1.52. The van der Waals surface area contributed by atoms with Gasteiger partial charge in [-0.05, 0) is 12.1 Å². The van der Waals surface area contributed by atoms with Gasteiger partial charge in [-0.3, -0.25) is 4.79 Å². The Morgan fingerprint density at radius 1 is 1.19 bits per heavy atom. The minimum Gasteiger partial charge on any atom is -0.353 e. The molecule has 2 aromatic heterocycles. The number of amides is 1. The van der Waals surface area contributed by atoms with Crippen LogP contribution in [0.2, 0.25) is 0 Å². The van der Waals surface area contributed by atoms with Gasteiger partial charge in [0.05, 0.1) is 5.75 Å². The standard InChI is InChI=1S/C17H25N7OS/c1-17(2,3)15-20-21-16(24(15)18)26-12-14(25)23-10-8-22(9-11-23)13-6-4-5-7-19-13/h4-7H,8-12,18H2,1-3H3. The first-order valence-corrected chi connectivity index (χ1v) is 9.62. The molecule has 1 aliphatic heterocycles. The Labute approximate surface area is 157 Å². The summed E-state index contributed by atoms with van der Waals surface area (Å²) in [7, 11) is 0. The van der Waals surface area contributed by atoms with Crippen molar-refractivity contribution < 1.29 is 4.79 Å². The van der Waals surface area contributed by atoms with Gasteiger partial charge in [0.1, 0.15) is 5.82 Å². The maximum absolute atomic E-state index is 12.5. The number of rotatable bonds is 4. The van der Waals surface area contributed by atoms with Gasteiger partial charge in [-0.25, -0.2) is 9.66 Å². The van der Waals surface area contributed by atoms with Crippen LogP contribution < -0.4 is 10.7 Å². The molecule has 3 heterocycles. The first-order chi connectivity index (χ1) is 12.4. The molecule has 1 saturated heterocycles. The van der Waals surface area contributed by atoms with Crippen molar-refractivity contribution in [3.63, 3.8) is 0 Å². The van der Waals surface area contributed by atoms with Crippen molar-refractivity contribution in [2.24, 2.45) is 0 Å². The van der Waals surface area contributed by atoms with E-state index < -0.39 is 0 Å². The third kappa shape index (κ3) is 4.09. The van der Waals surface area contributed by atoms with Gasteiger partial charge < -0.3 is 15.6 Å². The number of nitrogen functional groups attached to an aromatic ring is 1. The van der Waals surface area contributed by atoms with E-state index in [9.17, 15) is 4.79 Å². The van der Waals surface area contributed by atoms with E-state index in [0.29, 0.717) is 29.8 Å². The molecule has 2 N–H and O–H groups in total. The van der Waals surface area contributed by atoms with Crippen LogP contribution in [0.3, 0.4) is 0 Å². The minimum atomic E-state index is -0.188. The number of hydrogen-bond donors (Lipinski definition) is 1. The number of carbonyl (C=O) groups is 1. The van der Waals surface area contributed by atoms with Crippen LogP contribution in [-0.2, 0) is 10.2 Å². The van der Waals surface area contributed by atoms with Crippen LogP contribution in [0.4, 0.5) is 5.82 Å². The summed E-state index contributed by atoms with van der Waals surface area (Å²) < 4.78 is 1.48. The molecule has 0 unspecified atom stereocenters. The summed E-state index contributed by atoms with van der Waals surface area (Å²) in [5, 5.41) is 8.83. The number of nitrogens with zero attached hydrogens (tertiary/aromatic N) is 6. The van der Waals surface area contributed by atoms with Gasteiger partial charge in [0.25, 0.3) is 0 Å². The highest BCUT2D eigenvalue weighted by atomic mass is 32.2. The largest absolute Gasteiger partial charge is 0.353 e. The molecule has 2 aromatic rings. The molecule has 0 atom stereocenters. The smallest absolute Gasteiger partial charge is 0.233 e. The Bertz CT molecular complexity index is 748. The molecule has 1 fully saturated rings. The number of carbonyl (C=O) groups excluding carboxylic acids is 1. The van der Waals surface area contributed by atoms with Crippen LogP contribution in [0.5, 0.6) is 0 Å². The monoisotopic (exact) mass is 375 g/mol. The molecule has 140 valence electrons. The summed E-state index contributed by atoms with van der Waals surface area (Å²) in [6.45, 7) is 9.05. The van der Waals surface area contributed by atoms with E-state index in [0.717, 1.165) is 18.9 Å². The second-order valence-electron chi connectivity index (χ2n) is 7.27. The number of aromatic nitrogens is 4. The Morgan fingerprint density at radius 2 is 1.92 bits per heavy atom. The predicted octanol–water partition coefficient (Wildman–Crippen LogP) is 1.13. The average Bonchev–Trinajstić information content (AvgIpc) is 3.01. The maximum atomic E-state index is 12.5. The Kier molecular flexibility index (Phi) is 5.36. The summed E-state index contributed by atoms with van der Waals surface area (Å²) in [5.41, 5.74) is -0.188. The lowest BCUT2D eigenvalue weighted by molar-refractivity contribution is -0.128. The highest BCUT2D eigenvalue weighted by Crippen LogP contribution is 2.23. The topological polar surface area (TPSA) is 93.2 Å². The SMILES string of the molecule is CC(C)(C)c1nnc(SCC(=O)N2CCN(c3ccccn3)CC2)n1N. The lowest BCUT2D eigenvalue weighted by atomic mass is 9.96. The van der Waals surface area contributed by atoms with Gasteiger partial charge in [0, 0.05) is 37.8 Å². The van der Waals surface area contributed by atoms with Gasteiger partial charge in [0.2, 0.25) is 11.1 Å². The molecule has 8 nitrogen and oxygen atoms in total. The summed E-state index contributed by atoms with van der Waals surface area (Å²) in [4.78, 5) is 20.9. The lowest BCUT2D eigenvalue weighted by Crippen LogP contribution is -2.49. The number of piperazine rings is 1. The van der Waals surface area contributed by atoms with Crippen molar-refractivity contribution in [3.05, 3.63) is 30.2 Å². The van der Waals surface area contributed by atoms with Crippen molar-refractivity contribution in [1.29, 1.82) is 0 Å². The van der Waals surface area contributed by atoms with E-state index in [2.05, 4.69) is 20.1 Å². The number of hydrogen-bond acceptors (Lipinski definition) is 7. The molecule has 0 aromatic carbocycles. The molecule has 3 rings (SSSR count). The fourth-order valence-corrected chi connectivity index (χ4v) is 3.59. The summed E-state index contributed by atoms with van der Waals surface area (Å²) in [5.74, 6) is 8.13. The molecule has 0 bridgehead atoms. The van der Waals surface area contributed by atoms with Crippen LogP contribution in [0.15, 0.2) is 29.6 Å². The fourth-order valence-electron chi connectivity index (χ4n) is 2.83. The summed E-state index contributed by atoms with van der Waals surface area (Å²) in [6.07, 6.45) is 1.79. The van der Waals surface area contributed by atoms with Crippen molar-refractivity contribution in [2.45, 2.75) is 31.3 Å². The van der Waals surface area contributed by atoms with Crippen LogP contribution >= 0.6 is 11.8 Å². The second kappa shape index (κ2) is 7.53. The zero-order valence-corrected chi connectivity index (χ0v) is 16.2. The maximum Gasteiger partial charge on any atom is 0.233 e. The quantitative estimate of drug-likeness (QED) is 0.632. The van der Waals surface area contributed by atoms with Crippen molar-refractivity contribution in [3.8, 4) is 0 Å². The number of pyridine rings is 1. The third-order valence-electron chi connectivity index (χ3n) is 4.27. The fraction of sp³-hybridized carbons (Fsp3) is 0.529. The van der Waals surface area contributed by atoms with E-state index >= 15 is 0 Å². The normalized spacial score (nSPS) is 15.3. The molecule has 1 aliphatic rings. The molecule has 1 amide bonds. The van der Waals surface area contributed by atoms with E-state index in [1.807, 2.05) is 43.9 Å². The molecule has 0 saturated carbocycles. The van der Waals surface area contributed by atoms with Crippen molar-refractivity contribution in [1.82, 2.24) is 24.8 Å². The van der Waals surface area contributed by atoms with Crippen LogP contribution in [0, 0.1) is 0 Å². The second-order valence-corrected chi connectivity index (χ2v) is 8.21. The molecular formula is C17H25N7OS. The van der Waals surface area contributed by atoms with Crippen molar-refractivity contribution >= 4 is 23.5 Å². The Morgan fingerprint density at radius 3 is 2.50 bits per heavy atom. The number of nitrogens with two attached hydrogens (primary N) is 1. The summed E-state index contributed by atoms with van der Waals surface area (Å²) >= 11 is 1.33. The van der Waals surface area contributed by atoms with E-state index in [-0.39, 0.29) is 11.3 Å². The lowest BCUT2D eigenvalue weighted by Gasteiger charge is -2.35. The predicted molar refractivity (Wildman–Crippen MR) is 103 cm³/mol. The van der Waals surface area contributed by atoms with Crippen LogP contribution in [0.1, 0.15) is 26.6 Å². The van der Waals surface area contributed by atoms with E-state index in [1.165, 1.54) is 16.4 Å². The van der Waals surface area contributed by atoms with Crippen molar-refractivity contribution in [2.75, 3.05) is 42.7 Å². The highest BCUT2D eigenvalue weighted by molar-refractivity contribution is 7.99. The number of thioether (sulfide) groups is 1. The molecule has 26 heavy (non-hydrogen) atoms. The number of anilines is 1. The van der Waals surface area contributed by atoms with Gasteiger partial charge in [0.15, 0.2) is 5.82 Å². The zero-order valence-electron chi connectivity index (χ0n) is 15.4. The molecule has 9 heteroatoms. The zero-order chi connectivity index (χ0) is 18.7. The Hall–Kier alpha value is -2.29. The first-order valence-electron chi connectivity index (χ1n) is 8.64. The van der Waals surface area contributed by atoms with Crippen LogP contribution in [-0.4, -0.2) is 62.6 Å². The van der Waals surface area contributed by atoms with E-state index in [1.54, 1.807) is 6.20 Å². The first kappa shape index (κ1) is 18.5. The molecule has 0 spiro atoms. The van der Waals surface area contributed by atoms with Gasteiger partial charge in [-0.1, -0.05) is 38.6 Å². The average molecular weight is 376 g/mol. The third-order valence-corrected chi connectivity index (χ3v) is 5.19. The molecule has 0 radical (unpaired) electrons. The van der Waals surface area contributed by atoms with Gasteiger partial charge in [-0.15, -0.1) is 10.2 Å². The van der Waals surface area contributed by atoms with E-state index in [4.69, 9.17) is 5.84 Å². The molecule has 0 aliphatic carbocycles.